The second-order valence-corrected chi connectivity index (χ2v) is 4.74. The van der Waals surface area contributed by atoms with E-state index in [0.29, 0.717) is 12.0 Å². The molecule has 0 aliphatic rings. The lowest BCUT2D eigenvalue weighted by molar-refractivity contribution is 0.0343. The number of ether oxygens (including phenoxy) is 1. The van der Waals surface area contributed by atoms with Crippen LogP contribution in [0.2, 0.25) is 0 Å². The van der Waals surface area contributed by atoms with Crippen LogP contribution in [-0.2, 0) is 11.2 Å². The van der Waals surface area contributed by atoms with Crippen molar-refractivity contribution in [1.29, 1.82) is 0 Å². The summed E-state index contributed by atoms with van der Waals surface area (Å²) in [6.07, 6.45) is 2.27. The Labute approximate surface area is 119 Å². The number of carbonyl (C=O) groups excluding carboxylic acids is 1. The van der Waals surface area contributed by atoms with Crippen LogP contribution >= 0.6 is 0 Å². The maximum Gasteiger partial charge on any atom is 0.338 e. The molecule has 2 heteroatoms. The Morgan fingerprint density at radius 3 is 2.65 bits per heavy atom. The quantitative estimate of drug-likeness (QED) is 0.761. The first-order chi connectivity index (χ1) is 9.69. The molecular weight excluding hydrogens is 248 g/mol. The first-order valence-electron chi connectivity index (χ1n) is 6.66. The number of hydrogen-bond acceptors (Lipinski definition) is 2. The molecule has 0 saturated carbocycles. The zero-order chi connectivity index (χ0) is 14.4. The second-order valence-electron chi connectivity index (χ2n) is 4.74. The molecule has 0 radical (unpaired) electrons. The van der Waals surface area contributed by atoms with E-state index in [2.05, 4.69) is 6.58 Å². The molecule has 1 atom stereocenters. The average Bonchev–Trinajstić information content (AvgIpc) is 2.48. The first-order valence-corrected chi connectivity index (χ1v) is 6.66. The van der Waals surface area contributed by atoms with Crippen molar-refractivity contribution < 1.29 is 9.53 Å². The number of rotatable bonds is 5. The molecule has 2 aromatic rings. The van der Waals surface area contributed by atoms with E-state index in [-0.39, 0.29) is 12.1 Å². The molecule has 0 aromatic heterocycles. The van der Waals surface area contributed by atoms with Crippen LogP contribution in [0.3, 0.4) is 0 Å². The molecular formula is C18H18O2. The number of benzene rings is 2. The predicted octanol–water partition coefficient (Wildman–Crippen LogP) is 4.12. The Kier molecular flexibility index (Phi) is 4.72. The van der Waals surface area contributed by atoms with E-state index in [9.17, 15) is 4.79 Å². The lowest BCUT2D eigenvalue weighted by atomic mass is 10.1. The molecule has 2 nitrogen and oxygen atoms in total. The standard InChI is InChI=1S/C18H18O2/c1-3-15-10-7-11-17(13-15)18(19)20-14(2)12-16-8-5-4-6-9-16/h3-11,13-14H,1,12H2,2H3. The highest BCUT2D eigenvalue weighted by Crippen LogP contribution is 2.11. The van der Waals surface area contributed by atoms with E-state index in [0.717, 1.165) is 11.1 Å². The van der Waals surface area contributed by atoms with Gasteiger partial charge in [-0.3, -0.25) is 0 Å². The fourth-order valence-corrected chi connectivity index (χ4v) is 2.03. The Balaban J connectivity index is 1.98. The van der Waals surface area contributed by atoms with Crippen LogP contribution in [0, 0.1) is 0 Å². The molecule has 0 bridgehead atoms. The van der Waals surface area contributed by atoms with Crippen LogP contribution in [0.15, 0.2) is 61.2 Å². The van der Waals surface area contributed by atoms with Gasteiger partial charge in [-0.15, -0.1) is 0 Å². The van der Waals surface area contributed by atoms with Crippen molar-refractivity contribution in [2.45, 2.75) is 19.4 Å². The van der Waals surface area contributed by atoms with E-state index in [1.165, 1.54) is 0 Å². The van der Waals surface area contributed by atoms with Gasteiger partial charge in [0, 0.05) is 6.42 Å². The third-order valence-electron chi connectivity index (χ3n) is 3.03. The molecule has 0 N–H and O–H groups in total. The summed E-state index contributed by atoms with van der Waals surface area (Å²) in [6, 6.07) is 17.3. The van der Waals surface area contributed by atoms with E-state index < -0.39 is 0 Å². The number of hydrogen-bond donors (Lipinski definition) is 0. The first kappa shape index (κ1) is 14.1. The Morgan fingerprint density at radius 2 is 1.95 bits per heavy atom. The van der Waals surface area contributed by atoms with Crippen LogP contribution < -0.4 is 0 Å². The molecule has 0 spiro atoms. The largest absolute Gasteiger partial charge is 0.459 e. The van der Waals surface area contributed by atoms with E-state index >= 15 is 0 Å². The van der Waals surface area contributed by atoms with Gasteiger partial charge in [-0.25, -0.2) is 4.79 Å². The monoisotopic (exact) mass is 266 g/mol. The van der Waals surface area contributed by atoms with Crippen molar-refractivity contribution in [2.75, 3.05) is 0 Å². The Morgan fingerprint density at radius 1 is 1.20 bits per heavy atom. The summed E-state index contributed by atoms with van der Waals surface area (Å²) in [6.45, 7) is 5.60. The molecule has 0 fully saturated rings. The summed E-state index contributed by atoms with van der Waals surface area (Å²) < 4.78 is 5.47. The predicted molar refractivity (Wildman–Crippen MR) is 81.6 cm³/mol. The molecule has 0 heterocycles. The minimum absolute atomic E-state index is 0.155. The van der Waals surface area contributed by atoms with Gasteiger partial charge in [0.1, 0.15) is 6.10 Å². The molecule has 102 valence electrons. The van der Waals surface area contributed by atoms with E-state index in [1.807, 2.05) is 49.4 Å². The van der Waals surface area contributed by atoms with Crippen molar-refractivity contribution in [3.05, 3.63) is 77.9 Å². The minimum atomic E-state index is -0.294. The zero-order valence-corrected chi connectivity index (χ0v) is 11.6. The van der Waals surface area contributed by atoms with Crippen LogP contribution in [0.4, 0.5) is 0 Å². The third-order valence-corrected chi connectivity index (χ3v) is 3.03. The van der Waals surface area contributed by atoms with Gasteiger partial charge in [0.05, 0.1) is 5.56 Å². The lowest BCUT2D eigenvalue weighted by Gasteiger charge is -2.13. The van der Waals surface area contributed by atoms with E-state index in [1.54, 1.807) is 18.2 Å². The fraction of sp³-hybridized carbons (Fsp3) is 0.167. The summed E-state index contributed by atoms with van der Waals surface area (Å²) in [5.41, 5.74) is 2.63. The van der Waals surface area contributed by atoms with Crippen LogP contribution in [0.25, 0.3) is 6.08 Å². The normalized spacial score (nSPS) is 11.7. The number of esters is 1. The van der Waals surface area contributed by atoms with Gasteiger partial charge in [0.25, 0.3) is 0 Å². The summed E-state index contributed by atoms with van der Waals surface area (Å²) in [5, 5.41) is 0. The van der Waals surface area contributed by atoms with Crippen molar-refractivity contribution >= 4 is 12.0 Å². The average molecular weight is 266 g/mol. The minimum Gasteiger partial charge on any atom is -0.459 e. The molecule has 2 aromatic carbocycles. The summed E-state index contributed by atoms with van der Waals surface area (Å²) >= 11 is 0. The number of carbonyl (C=O) groups is 1. The Hall–Kier alpha value is -2.35. The zero-order valence-electron chi connectivity index (χ0n) is 11.6. The van der Waals surface area contributed by atoms with E-state index in [4.69, 9.17) is 4.74 Å². The second kappa shape index (κ2) is 6.71. The molecule has 20 heavy (non-hydrogen) atoms. The van der Waals surface area contributed by atoms with Gasteiger partial charge in [0.2, 0.25) is 0 Å². The highest BCUT2D eigenvalue weighted by atomic mass is 16.5. The summed E-state index contributed by atoms with van der Waals surface area (Å²) in [7, 11) is 0. The summed E-state index contributed by atoms with van der Waals surface area (Å²) in [5.74, 6) is -0.294. The van der Waals surface area contributed by atoms with Gasteiger partial charge in [-0.05, 0) is 30.2 Å². The highest BCUT2D eigenvalue weighted by molar-refractivity contribution is 5.90. The highest BCUT2D eigenvalue weighted by Gasteiger charge is 2.12. The Bertz CT molecular complexity index is 587. The maximum atomic E-state index is 12.1. The molecule has 1 unspecified atom stereocenters. The van der Waals surface area contributed by atoms with Crippen LogP contribution in [0.1, 0.15) is 28.4 Å². The van der Waals surface area contributed by atoms with Gasteiger partial charge in [0.15, 0.2) is 0 Å². The summed E-state index contributed by atoms with van der Waals surface area (Å²) in [4.78, 5) is 12.1. The molecule has 0 aliphatic heterocycles. The topological polar surface area (TPSA) is 26.3 Å². The van der Waals surface area contributed by atoms with Gasteiger partial charge in [-0.2, -0.15) is 0 Å². The van der Waals surface area contributed by atoms with Crippen molar-refractivity contribution in [1.82, 2.24) is 0 Å². The SMILES string of the molecule is C=Cc1cccc(C(=O)OC(C)Cc2ccccc2)c1. The lowest BCUT2D eigenvalue weighted by Crippen LogP contribution is -2.17. The molecule has 0 saturated heterocycles. The van der Waals surface area contributed by atoms with Gasteiger partial charge in [-0.1, -0.05) is 55.1 Å². The molecule has 0 aliphatic carbocycles. The van der Waals surface area contributed by atoms with Crippen molar-refractivity contribution in [3.63, 3.8) is 0 Å². The maximum absolute atomic E-state index is 12.1. The van der Waals surface area contributed by atoms with Crippen molar-refractivity contribution in [2.24, 2.45) is 0 Å². The molecule has 2 rings (SSSR count). The van der Waals surface area contributed by atoms with Crippen molar-refractivity contribution in [3.8, 4) is 0 Å². The molecule has 0 amide bonds. The fourth-order valence-electron chi connectivity index (χ4n) is 2.03. The smallest absolute Gasteiger partial charge is 0.338 e. The van der Waals surface area contributed by atoms with Crippen LogP contribution in [0.5, 0.6) is 0 Å². The van der Waals surface area contributed by atoms with Gasteiger partial charge < -0.3 is 4.74 Å². The third kappa shape index (κ3) is 3.82. The van der Waals surface area contributed by atoms with Crippen LogP contribution in [-0.4, -0.2) is 12.1 Å². The van der Waals surface area contributed by atoms with Gasteiger partial charge >= 0.3 is 5.97 Å².